The minimum absolute atomic E-state index is 0.0635. The lowest BCUT2D eigenvalue weighted by Crippen LogP contribution is -2.35. The van der Waals surface area contributed by atoms with Gasteiger partial charge in [0.2, 0.25) is 0 Å². The van der Waals surface area contributed by atoms with Crippen molar-refractivity contribution >= 4 is 33.5 Å². The highest BCUT2D eigenvalue weighted by Crippen LogP contribution is 2.34. The van der Waals surface area contributed by atoms with Gasteiger partial charge in [0.05, 0.1) is 33.2 Å². The zero-order chi connectivity index (χ0) is 21.1. The lowest BCUT2D eigenvalue weighted by Gasteiger charge is -2.23. The third kappa shape index (κ3) is 3.54. The molecular weight excluding hydrogens is 406 g/mol. The van der Waals surface area contributed by atoms with Crippen LogP contribution in [0.15, 0.2) is 35.1 Å². The number of aromatic nitrogens is 2. The van der Waals surface area contributed by atoms with Crippen molar-refractivity contribution in [1.29, 1.82) is 0 Å². The van der Waals surface area contributed by atoms with Gasteiger partial charge >= 0.3 is 0 Å². The minimum atomic E-state index is -1.24. The van der Waals surface area contributed by atoms with Gasteiger partial charge in [-0.2, -0.15) is 0 Å². The van der Waals surface area contributed by atoms with Gasteiger partial charge in [0.25, 0.3) is 5.56 Å². The second-order valence-corrected chi connectivity index (χ2v) is 11.0. The van der Waals surface area contributed by atoms with E-state index in [2.05, 4.69) is 4.72 Å². The summed E-state index contributed by atoms with van der Waals surface area (Å²) >= 11 is 6.19. The number of hydrogen-bond acceptors (Lipinski definition) is 3. The van der Waals surface area contributed by atoms with Crippen molar-refractivity contribution in [1.82, 2.24) is 14.3 Å². The van der Waals surface area contributed by atoms with Crippen LogP contribution in [0.1, 0.15) is 50.4 Å². The first kappa shape index (κ1) is 20.3. The highest BCUT2D eigenvalue weighted by molar-refractivity contribution is 7.84. The van der Waals surface area contributed by atoms with E-state index in [0.29, 0.717) is 28.3 Å². The number of halogens is 1. The predicted octanol–water partition coefficient (Wildman–Crippen LogP) is 4.50. The van der Waals surface area contributed by atoms with Crippen molar-refractivity contribution < 1.29 is 4.21 Å². The number of rotatable bonds is 3. The van der Waals surface area contributed by atoms with E-state index >= 15 is 0 Å². The summed E-state index contributed by atoms with van der Waals surface area (Å²) < 4.78 is 17.1. The van der Waals surface area contributed by atoms with E-state index < -0.39 is 15.7 Å². The van der Waals surface area contributed by atoms with Gasteiger partial charge in [0, 0.05) is 16.6 Å². The van der Waals surface area contributed by atoms with Gasteiger partial charge in [-0.05, 0) is 69.5 Å². The van der Waals surface area contributed by atoms with Crippen LogP contribution in [0, 0.1) is 6.92 Å². The Labute approximate surface area is 177 Å². The highest BCUT2D eigenvalue weighted by Gasteiger charge is 2.26. The zero-order valence-corrected chi connectivity index (χ0v) is 18.7. The van der Waals surface area contributed by atoms with Crippen LogP contribution in [0.4, 0.5) is 0 Å². The molecule has 3 aromatic rings. The van der Waals surface area contributed by atoms with Crippen molar-refractivity contribution in [2.45, 2.75) is 52.0 Å². The summed E-state index contributed by atoms with van der Waals surface area (Å²) in [5, 5.41) is 1.20. The van der Waals surface area contributed by atoms with Crippen molar-refractivity contribution in [3.05, 3.63) is 62.4 Å². The maximum absolute atomic E-state index is 13.3. The standard InChI is InChI=1S/C22H24ClN3O2S/c1-12-8-16(13(2)25-29(28)22(3,4)5)19-18(9-12)21(27)26-11-14-6-7-15(23)10-17(14)20(26)24-19/h6-10,13,25H,11H2,1-5H3/t13-,29-/m1/s1. The number of nitrogens with zero attached hydrogens (tertiary/aromatic N) is 2. The first-order chi connectivity index (χ1) is 13.6. The minimum Gasteiger partial charge on any atom is -0.288 e. The molecule has 0 amide bonds. The second-order valence-electron chi connectivity index (χ2n) is 8.60. The average Bonchev–Trinajstić information content (AvgIpc) is 2.99. The molecule has 152 valence electrons. The van der Waals surface area contributed by atoms with Crippen LogP contribution in [0.5, 0.6) is 0 Å². The number of fused-ring (bicyclic) bond motifs is 4. The van der Waals surface area contributed by atoms with Gasteiger partial charge in [0.1, 0.15) is 5.82 Å². The average molecular weight is 430 g/mol. The van der Waals surface area contributed by atoms with Gasteiger partial charge in [-0.1, -0.05) is 23.7 Å². The van der Waals surface area contributed by atoms with Crippen LogP contribution in [0.25, 0.3) is 22.3 Å². The first-order valence-electron chi connectivity index (χ1n) is 9.58. The molecule has 5 nitrogen and oxygen atoms in total. The Morgan fingerprint density at radius 2 is 1.97 bits per heavy atom. The third-order valence-electron chi connectivity index (χ3n) is 5.18. The molecule has 0 saturated heterocycles. The van der Waals surface area contributed by atoms with Crippen LogP contribution < -0.4 is 10.3 Å². The van der Waals surface area contributed by atoms with E-state index in [0.717, 1.165) is 22.3 Å². The molecule has 1 N–H and O–H groups in total. The summed E-state index contributed by atoms with van der Waals surface area (Å²) in [6.45, 7) is 10.2. The molecule has 0 fully saturated rings. The Kier molecular flexibility index (Phi) is 4.92. The molecular formula is C22H24ClN3O2S. The summed E-state index contributed by atoms with van der Waals surface area (Å²) in [5.74, 6) is 0.634. The summed E-state index contributed by atoms with van der Waals surface area (Å²) in [7, 11) is -1.24. The Morgan fingerprint density at radius 3 is 2.66 bits per heavy atom. The monoisotopic (exact) mass is 429 g/mol. The summed E-state index contributed by atoms with van der Waals surface area (Å²) in [4.78, 5) is 18.2. The SMILES string of the molecule is Cc1cc([C@@H](C)N[S@](=O)C(C)(C)C)c2nc3n(c(=O)c2c1)Cc1ccc(Cl)cc1-3. The van der Waals surface area contributed by atoms with Crippen LogP contribution in [-0.2, 0) is 17.5 Å². The smallest absolute Gasteiger partial charge is 0.261 e. The second kappa shape index (κ2) is 7.04. The van der Waals surface area contributed by atoms with Gasteiger partial charge < -0.3 is 0 Å². The van der Waals surface area contributed by atoms with Crippen LogP contribution >= 0.6 is 11.6 Å². The molecule has 0 spiro atoms. The molecule has 29 heavy (non-hydrogen) atoms. The molecule has 1 aliphatic heterocycles. The molecule has 7 heteroatoms. The summed E-state index contributed by atoms with van der Waals surface area (Å²) in [6, 6.07) is 9.30. The quantitative estimate of drug-likeness (QED) is 0.521. The van der Waals surface area contributed by atoms with Crippen LogP contribution in [0.3, 0.4) is 0 Å². The van der Waals surface area contributed by atoms with E-state index in [1.807, 2.05) is 65.0 Å². The number of nitrogens with one attached hydrogen (secondary N) is 1. The zero-order valence-electron chi connectivity index (χ0n) is 17.2. The molecule has 4 rings (SSSR count). The molecule has 2 atom stereocenters. The van der Waals surface area contributed by atoms with Crippen molar-refractivity contribution in [2.75, 3.05) is 0 Å². The van der Waals surface area contributed by atoms with Crippen LogP contribution in [-0.4, -0.2) is 18.5 Å². The predicted molar refractivity (Wildman–Crippen MR) is 120 cm³/mol. The fraction of sp³-hybridized carbons (Fsp3) is 0.364. The largest absolute Gasteiger partial charge is 0.288 e. The van der Waals surface area contributed by atoms with E-state index in [4.69, 9.17) is 16.6 Å². The van der Waals surface area contributed by atoms with Crippen molar-refractivity contribution in [2.24, 2.45) is 0 Å². The Hall–Kier alpha value is -2.02. The number of aryl methyl sites for hydroxylation is 1. The van der Waals surface area contributed by atoms with Gasteiger partial charge in [-0.15, -0.1) is 0 Å². The maximum atomic E-state index is 13.3. The van der Waals surface area contributed by atoms with E-state index in [9.17, 15) is 9.00 Å². The first-order valence-corrected chi connectivity index (χ1v) is 11.1. The van der Waals surface area contributed by atoms with Crippen molar-refractivity contribution in [3.63, 3.8) is 0 Å². The molecule has 2 heterocycles. The van der Waals surface area contributed by atoms with Crippen molar-refractivity contribution in [3.8, 4) is 11.4 Å². The topological polar surface area (TPSA) is 64.0 Å². The van der Waals surface area contributed by atoms with E-state index in [-0.39, 0.29) is 11.6 Å². The molecule has 2 aromatic carbocycles. The molecule has 1 aromatic heterocycles. The van der Waals surface area contributed by atoms with Gasteiger partial charge in [-0.3, -0.25) is 9.36 Å². The number of hydrogen-bond donors (Lipinski definition) is 1. The van der Waals surface area contributed by atoms with Gasteiger partial charge in [0.15, 0.2) is 0 Å². The Morgan fingerprint density at radius 1 is 1.24 bits per heavy atom. The fourth-order valence-corrected chi connectivity index (χ4v) is 4.62. The fourth-order valence-electron chi connectivity index (χ4n) is 3.65. The molecule has 0 aliphatic carbocycles. The molecule has 0 bridgehead atoms. The third-order valence-corrected chi connectivity index (χ3v) is 7.10. The summed E-state index contributed by atoms with van der Waals surface area (Å²) in [5.41, 5.74) is 4.35. The number of benzene rings is 2. The van der Waals surface area contributed by atoms with E-state index in [1.165, 1.54) is 0 Å². The Bertz CT molecular complexity index is 1230. The highest BCUT2D eigenvalue weighted by atomic mass is 35.5. The van der Waals surface area contributed by atoms with Crippen LogP contribution in [0.2, 0.25) is 5.02 Å². The Balaban J connectivity index is 1.92. The summed E-state index contributed by atoms with van der Waals surface area (Å²) in [6.07, 6.45) is 0. The molecule has 1 aliphatic rings. The normalized spacial score (nSPS) is 15.2. The lowest BCUT2D eigenvalue weighted by atomic mass is 10.0. The maximum Gasteiger partial charge on any atom is 0.261 e. The lowest BCUT2D eigenvalue weighted by molar-refractivity contribution is 0.617. The molecule has 0 radical (unpaired) electrons. The molecule has 0 unspecified atom stereocenters. The molecule has 0 saturated carbocycles. The van der Waals surface area contributed by atoms with E-state index in [1.54, 1.807) is 4.57 Å². The van der Waals surface area contributed by atoms with Gasteiger partial charge in [-0.25, -0.2) is 13.9 Å².